The molecule has 0 aliphatic carbocycles. The molecule has 0 amide bonds. The molecule has 4 nitrogen and oxygen atoms in total. The number of esters is 2. The zero-order valence-electron chi connectivity index (χ0n) is 9.03. The van der Waals surface area contributed by atoms with Gasteiger partial charge in [-0.25, -0.2) is 4.79 Å². The minimum absolute atomic E-state index is 0.0648. The van der Waals surface area contributed by atoms with Crippen LogP contribution in [0.4, 0.5) is 0 Å². The standard InChI is InChI=1S/C12H9ClO4/c1-16-12(15)9-6-10(14)17-11(9)7-2-4-8(13)5-3-7/h2-5H,6H2,1H3. The number of cyclic esters (lactones) is 1. The van der Waals surface area contributed by atoms with Gasteiger partial charge in [0.2, 0.25) is 0 Å². The summed E-state index contributed by atoms with van der Waals surface area (Å²) in [6.07, 6.45) is -0.0648. The van der Waals surface area contributed by atoms with E-state index in [1.54, 1.807) is 24.3 Å². The maximum Gasteiger partial charge on any atom is 0.338 e. The van der Waals surface area contributed by atoms with Gasteiger partial charge in [-0.3, -0.25) is 4.79 Å². The molecule has 88 valence electrons. The third-order valence-electron chi connectivity index (χ3n) is 2.35. The fourth-order valence-corrected chi connectivity index (χ4v) is 1.68. The number of benzene rings is 1. The van der Waals surface area contributed by atoms with Crippen molar-refractivity contribution in [1.82, 2.24) is 0 Å². The SMILES string of the molecule is COC(=O)C1=C(c2ccc(Cl)cc2)OC(=O)C1. The molecule has 0 spiro atoms. The predicted molar refractivity (Wildman–Crippen MR) is 61.1 cm³/mol. The highest BCUT2D eigenvalue weighted by Gasteiger charge is 2.30. The first-order chi connectivity index (χ1) is 8.11. The smallest absolute Gasteiger partial charge is 0.338 e. The molecule has 0 saturated carbocycles. The Kier molecular flexibility index (Phi) is 3.15. The molecule has 0 saturated heterocycles. The van der Waals surface area contributed by atoms with Gasteiger partial charge in [0.05, 0.1) is 19.1 Å². The molecular weight excluding hydrogens is 244 g/mol. The molecular formula is C12H9ClO4. The van der Waals surface area contributed by atoms with E-state index in [1.165, 1.54) is 7.11 Å². The summed E-state index contributed by atoms with van der Waals surface area (Å²) in [5.41, 5.74) is 0.862. The second kappa shape index (κ2) is 4.59. The van der Waals surface area contributed by atoms with Gasteiger partial charge in [0, 0.05) is 10.6 Å². The summed E-state index contributed by atoms with van der Waals surface area (Å²) in [6.45, 7) is 0. The summed E-state index contributed by atoms with van der Waals surface area (Å²) in [7, 11) is 1.26. The zero-order chi connectivity index (χ0) is 12.4. The molecule has 0 unspecified atom stereocenters. The molecule has 1 aliphatic heterocycles. The van der Waals surface area contributed by atoms with E-state index in [2.05, 4.69) is 4.74 Å². The Labute approximate surface area is 103 Å². The van der Waals surface area contributed by atoms with Crippen molar-refractivity contribution in [2.24, 2.45) is 0 Å². The van der Waals surface area contributed by atoms with Gasteiger partial charge in [-0.05, 0) is 24.3 Å². The summed E-state index contributed by atoms with van der Waals surface area (Å²) in [6, 6.07) is 6.67. The molecule has 1 aromatic rings. The van der Waals surface area contributed by atoms with Crippen LogP contribution in [0.2, 0.25) is 5.02 Å². The minimum Gasteiger partial charge on any atom is -0.466 e. The Morgan fingerprint density at radius 2 is 2.00 bits per heavy atom. The number of carbonyl (C=O) groups is 2. The van der Waals surface area contributed by atoms with Gasteiger partial charge in [0.15, 0.2) is 0 Å². The number of methoxy groups -OCH3 is 1. The van der Waals surface area contributed by atoms with Crippen LogP contribution in [0.15, 0.2) is 29.8 Å². The van der Waals surface area contributed by atoms with Gasteiger partial charge >= 0.3 is 11.9 Å². The maximum atomic E-state index is 11.5. The summed E-state index contributed by atoms with van der Waals surface area (Å²) in [5.74, 6) is -0.769. The van der Waals surface area contributed by atoms with Crippen LogP contribution in [-0.4, -0.2) is 19.0 Å². The van der Waals surface area contributed by atoms with Crippen LogP contribution in [0.1, 0.15) is 12.0 Å². The minimum atomic E-state index is -0.555. The summed E-state index contributed by atoms with van der Waals surface area (Å²) >= 11 is 5.76. The number of hydrogen-bond donors (Lipinski definition) is 0. The van der Waals surface area contributed by atoms with Crippen LogP contribution in [0, 0.1) is 0 Å². The molecule has 2 rings (SSSR count). The van der Waals surface area contributed by atoms with Crippen molar-refractivity contribution in [1.29, 1.82) is 0 Å². The number of rotatable bonds is 2. The molecule has 1 aliphatic rings. The zero-order valence-corrected chi connectivity index (χ0v) is 9.78. The average molecular weight is 253 g/mol. The molecule has 0 aromatic heterocycles. The lowest BCUT2D eigenvalue weighted by atomic mass is 10.1. The van der Waals surface area contributed by atoms with Gasteiger partial charge in [-0.15, -0.1) is 0 Å². The maximum absolute atomic E-state index is 11.5. The lowest BCUT2D eigenvalue weighted by molar-refractivity contribution is -0.138. The topological polar surface area (TPSA) is 52.6 Å². The third-order valence-corrected chi connectivity index (χ3v) is 2.60. The first-order valence-electron chi connectivity index (χ1n) is 4.90. The van der Waals surface area contributed by atoms with E-state index < -0.39 is 11.9 Å². The van der Waals surface area contributed by atoms with Crippen molar-refractivity contribution in [3.05, 3.63) is 40.4 Å². The summed E-state index contributed by atoms with van der Waals surface area (Å²) in [5, 5.41) is 0.568. The Morgan fingerprint density at radius 3 is 2.59 bits per heavy atom. The summed E-state index contributed by atoms with van der Waals surface area (Å²) < 4.78 is 9.62. The molecule has 5 heteroatoms. The van der Waals surface area contributed by atoms with Gasteiger partial charge < -0.3 is 9.47 Å². The molecule has 1 aromatic carbocycles. The Balaban J connectivity index is 2.43. The van der Waals surface area contributed by atoms with Crippen molar-refractivity contribution in [3.8, 4) is 0 Å². The van der Waals surface area contributed by atoms with E-state index >= 15 is 0 Å². The summed E-state index contributed by atoms with van der Waals surface area (Å²) in [4.78, 5) is 22.7. The number of halogens is 1. The van der Waals surface area contributed by atoms with Crippen LogP contribution in [0.5, 0.6) is 0 Å². The molecule has 0 fully saturated rings. The Hall–Kier alpha value is -1.81. The van der Waals surface area contributed by atoms with E-state index in [1.807, 2.05) is 0 Å². The third kappa shape index (κ3) is 2.31. The van der Waals surface area contributed by atoms with E-state index in [4.69, 9.17) is 16.3 Å². The van der Waals surface area contributed by atoms with E-state index in [-0.39, 0.29) is 17.8 Å². The first-order valence-corrected chi connectivity index (χ1v) is 5.27. The van der Waals surface area contributed by atoms with Crippen LogP contribution in [0.3, 0.4) is 0 Å². The van der Waals surface area contributed by atoms with Gasteiger partial charge in [0.1, 0.15) is 5.76 Å². The van der Waals surface area contributed by atoms with Gasteiger partial charge in [0.25, 0.3) is 0 Å². The largest absolute Gasteiger partial charge is 0.466 e. The predicted octanol–water partition coefficient (Wildman–Crippen LogP) is 2.17. The van der Waals surface area contributed by atoms with E-state index in [0.29, 0.717) is 10.6 Å². The van der Waals surface area contributed by atoms with Crippen molar-refractivity contribution < 1.29 is 19.1 Å². The van der Waals surface area contributed by atoms with Crippen LogP contribution < -0.4 is 0 Å². The highest BCUT2D eigenvalue weighted by Crippen LogP contribution is 2.30. The molecule has 0 radical (unpaired) electrons. The van der Waals surface area contributed by atoms with Crippen LogP contribution >= 0.6 is 11.6 Å². The van der Waals surface area contributed by atoms with Crippen LogP contribution in [-0.2, 0) is 19.1 Å². The Morgan fingerprint density at radius 1 is 1.35 bits per heavy atom. The lowest BCUT2D eigenvalue weighted by Crippen LogP contribution is -2.05. The second-order valence-corrected chi connectivity index (χ2v) is 3.89. The fraction of sp³-hybridized carbons (Fsp3) is 0.167. The highest BCUT2D eigenvalue weighted by atomic mass is 35.5. The second-order valence-electron chi connectivity index (χ2n) is 3.46. The van der Waals surface area contributed by atoms with Crippen molar-refractivity contribution in [2.75, 3.05) is 7.11 Å². The van der Waals surface area contributed by atoms with Gasteiger partial charge in [-0.1, -0.05) is 11.6 Å². The lowest BCUT2D eigenvalue weighted by Gasteiger charge is -2.04. The first kappa shape index (κ1) is 11.7. The quantitative estimate of drug-likeness (QED) is 0.757. The Bertz CT molecular complexity index is 502. The van der Waals surface area contributed by atoms with Crippen molar-refractivity contribution >= 4 is 29.3 Å². The number of ether oxygens (including phenoxy) is 2. The molecule has 0 atom stereocenters. The number of carbonyl (C=O) groups excluding carboxylic acids is 2. The normalized spacial score (nSPS) is 14.8. The monoisotopic (exact) mass is 252 g/mol. The highest BCUT2D eigenvalue weighted by molar-refractivity contribution is 6.30. The molecule has 0 bridgehead atoms. The van der Waals surface area contributed by atoms with E-state index in [9.17, 15) is 9.59 Å². The van der Waals surface area contributed by atoms with E-state index in [0.717, 1.165) is 0 Å². The average Bonchev–Trinajstić information content (AvgIpc) is 2.71. The van der Waals surface area contributed by atoms with Crippen LogP contribution in [0.25, 0.3) is 5.76 Å². The van der Waals surface area contributed by atoms with Gasteiger partial charge in [-0.2, -0.15) is 0 Å². The molecule has 0 N–H and O–H groups in total. The number of hydrogen-bond acceptors (Lipinski definition) is 4. The van der Waals surface area contributed by atoms with Crippen molar-refractivity contribution in [3.63, 3.8) is 0 Å². The molecule has 1 heterocycles. The fourth-order valence-electron chi connectivity index (χ4n) is 1.56. The van der Waals surface area contributed by atoms with Crippen molar-refractivity contribution in [2.45, 2.75) is 6.42 Å². The molecule has 17 heavy (non-hydrogen) atoms.